The number of anilines is 1. The van der Waals surface area contributed by atoms with Crippen LogP contribution in [0.15, 0.2) is 59.5 Å². The molecule has 0 aromatic heterocycles. The molecule has 29 heavy (non-hydrogen) atoms. The van der Waals surface area contributed by atoms with Crippen molar-refractivity contribution in [3.63, 3.8) is 0 Å². The van der Waals surface area contributed by atoms with E-state index in [0.29, 0.717) is 19.4 Å². The van der Waals surface area contributed by atoms with Crippen molar-refractivity contribution in [1.82, 2.24) is 5.32 Å². The minimum absolute atomic E-state index is 0.241. The Kier molecular flexibility index (Phi) is 5.63. The molecule has 1 heterocycles. The maximum Gasteiger partial charge on any atom is 0.241 e. The van der Waals surface area contributed by atoms with Crippen LogP contribution in [0.3, 0.4) is 0 Å². The van der Waals surface area contributed by atoms with Crippen LogP contribution in [0.5, 0.6) is 0 Å². The minimum atomic E-state index is -3.71. The van der Waals surface area contributed by atoms with Gasteiger partial charge in [0.05, 0.1) is 4.90 Å². The predicted octanol–water partition coefficient (Wildman–Crippen LogP) is 3.34. The molecule has 0 spiro atoms. The Morgan fingerprint density at radius 1 is 1.00 bits per heavy atom. The maximum atomic E-state index is 13.3. The lowest BCUT2D eigenvalue weighted by atomic mass is 10.1. The zero-order valence-corrected chi connectivity index (χ0v) is 17.5. The van der Waals surface area contributed by atoms with Gasteiger partial charge in [-0.25, -0.2) is 8.42 Å². The van der Waals surface area contributed by atoms with Crippen LogP contribution in [0.2, 0.25) is 0 Å². The lowest BCUT2D eigenvalue weighted by molar-refractivity contribution is -0.123. The van der Waals surface area contributed by atoms with E-state index < -0.39 is 14.6 Å². The Hall–Kier alpha value is -2.34. The van der Waals surface area contributed by atoms with Gasteiger partial charge >= 0.3 is 0 Å². The van der Waals surface area contributed by atoms with Gasteiger partial charge < -0.3 is 10.2 Å². The second-order valence-corrected chi connectivity index (χ2v) is 10.3. The van der Waals surface area contributed by atoms with Gasteiger partial charge in [-0.1, -0.05) is 49.2 Å². The lowest BCUT2D eigenvalue weighted by Gasteiger charge is -2.28. The van der Waals surface area contributed by atoms with Gasteiger partial charge in [-0.3, -0.25) is 4.79 Å². The lowest BCUT2D eigenvalue weighted by Crippen LogP contribution is -2.51. The van der Waals surface area contributed by atoms with Gasteiger partial charge in [0, 0.05) is 25.3 Å². The highest BCUT2D eigenvalue weighted by molar-refractivity contribution is 7.93. The van der Waals surface area contributed by atoms with Gasteiger partial charge in [-0.05, 0) is 49.4 Å². The van der Waals surface area contributed by atoms with Crippen molar-refractivity contribution in [2.45, 2.75) is 48.2 Å². The molecular weight excluding hydrogens is 384 g/mol. The van der Waals surface area contributed by atoms with Gasteiger partial charge in [0.25, 0.3) is 0 Å². The van der Waals surface area contributed by atoms with Crippen molar-refractivity contribution >= 4 is 21.4 Å². The van der Waals surface area contributed by atoms with Gasteiger partial charge in [0.1, 0.15) is 0 Å². The number of benzene rings is 2. The summed E-state index contributed by atoms with van der Waals surface area (Å²) >= 11 is 0. The van der Waals surface area contributed by atoms with Crippen LogP contribution in [0.25, 0.3) is 0 Å². The van der Waals surface area contributed by atoms with Crippen LogP contribution in [-0.2, 0) is 21.1 Å². The number of hydrogen-bond acceptors (Lipinski definition) is 4. The highest BCUT2D eigenvalue weighted by Crippen LogP contribution is 2.40. The molecule has 5 nitrogen and oxygen atoms in total. The van der Waals surface area contributed by atoms with E-state index in [0.717, 1.165) is 38.8 Å². The van der Waals surface area contributed by atoms with Crippen LogP contribution < -0.4 is 10.2 Å². The van der Waals surface area contributed by atoms with Crippen LogP contribution in [0, 0.1) is 0 Å². The van der Waals surface area contributed by atoms with Gasteiger partial charge in [-0.15, -0.1) is 0 Å². The molecule has 154 valence electrons. The van der Waals surface area contributed by atoms with Gasteiger partial charge in [-0.2, -0.15) is 0 Å². The fourth-order valence-corrected chi connectivity index (χ4v) is 6.77. The van der Waals surface area contributed by atoms with Crippen molar-refractivity contribution in [2.75, 3.05) is 24.5 Å². The van der Waals surface area contributed by atoms with Gasteiger partial charge in [0.2, 0.25) is 5.91 Å². The molecule has 2 aromatic carbocycles. The van der Waals surface area contributed by atoms with Crippen molar-refractivity contribution < 1.29 is 13.2 Å². The Morgan fingerprint density at radius 2 is 1.69 bits per heavy atom. The molecule has 0 radical (unpaired) electrons. The van der Waals surface area contributed by atoms with E-state index in [4.69, 9.17) is 0 Å². The van der Waals surface area contributed by atoms with E-state index >= 15 is 0 Å². The molecule has 0 atom stereocenters. The largest absolute Gasteiger partial charge is 0.371 e. The predicted molar refractivity (Wildman–Crippen MR) is 115 cm³/mol. The number of carbonyl (C=O) groups excluding carboxylic acids is 1. The monoisotopic (exact) mass is 412 g/mol. The molecule has 6 heteroatoms. The second-order valence-electron chi connectivity index (χ2n) is 7.99. The first-order chi connectivity index (χ1) is 14.0. The summed E-state index contributed by atoms with van der Waals surface area (Å²) in [7, 11) is -3.71. The molecule has 2 aromatic rings. The van der Waals surface area contributed by atoms with Crippen molar-refractivity contribution in [1.29, 1.82) is 0 Å². The van der Waals surface area contributed by atoms with Crippen LogP contribution in [0.4, 0.5) is 5.69 Å². The molecule has 2 aliphatic rings. The molecule has 1 amide bonds. The number of hydrogen-bond donors (Lipinski definition) is 1. The topological polar surface area (TPSA) is 66.5 Å². The third-order valence-corrected chi connectivity index (χ3v) is 8.78. The van der Waals surface area contributed by atoms with E-state index in [-0.39, 0.29) is 10.8 Å². The Bertz CT molecular complexity index is 967. The molecule has 0 unspecified atom stereocenters. The summed E-state index contributed by atoms with van der Waals surface area (Å²) in [6.45, 7) is 2.35. The molecule has 4 rings (SSSR count). The SMILES string of the molecule is O=C(NCCCN1CCc2ccccc21)C1(S(=O)(=O)c2ccccc2)CCCC1. The van der Waals surface area contributed by atoms with E-state index in [9.17, 15) is 13.2 Å². The van der Waals surface area contributed by atoms with E-state index in [1.165, 1.54) is 11.3 Å². The number of nitrogens with zero attached hydrogens (tertiary/aromatic N) is 1. The summed E-state index contributed by atoms with van der Waals surface area (Å²) < 4.78 is 25.3. The quantitative estimate of drug-likeness (QED) is 0.709. The highest BCUT2D eigenvalue weighted by atomic mass is 32.2. The first kappa shape index (κ1) is 20.0. The van der Waals surface area contributed by atoms with Crippen molar-refractivity contribution in [3.8, 4) is 0 Å². The van der Waals surface area contributed by atoms with Crippen LogP contribution >= 0.6 is 0 Å². The highest BCUT2D eigenvalue weighted by Gasteiger charge is 2.52. The smallest absolute Gasteiger partial charge is 0.241 e. The van der Waals surface area contributed by atoms with Crippen molar-refractivity contribution in [2.24, 2.45) is 0 Å². The summed E-state index contributed by atoms with van der Waals surface area (Å²) in [6.07, 6.45) is 4.18. The number of amides is 1. The summed E-state index contributed by atoms with van der Waals surface area (Å²) in [6, 6.07) is 16.8. The molecule has 1 aliphatic heterocycles. The minimum Gasteiger partial charge on any atom is -0.371 e. The Labute approximate surface area is 173 Å². The van der Waals surface area contributed by atoms with Gasteiger partial charge in [0.15, 0.2) is 14.6 Å². The summed E-state index contributed by atoms with van der Waals surface area (Å²) in [4.78, 5) is 15.7. The Morgan fingerprint density at radius 3 is 2.45 bits per heavy atom. The van der Waals surface area contributed by atoms with E-state index in [1.54, 1.807) is 30.3 Å². The number of para-hydroxylation sites is 1. The third-order valence-electron chi connectivity index (χ3n) is 6.27. The van der Waals surface area contributed by atoms with Crippen molar-refractivity contribution in [3.05, 3.63) is 60.2 Å². The fraction of sp³-hybridized carbons (Fsp3) is 0.435. The molecule has 0 bridgehead atoms. The average molecular weight is 413 g/mol. The average Bonchev–Trinajstić information content (AvgIpc) is 3.40. The molecule has 1 aliphatic carbocycles. The van der Waals surface area contributed by atoms with Crippen LogP contribution in [-0.4, -0.2) is 38.7 Å². The fourth-order valence-electron chi connectivity index (χ4n) is 4.66. The first-order valence-corrected chi connectivity index (χ1v) is 11.9. The summed E-state index contributed by atoms with van der Waals surface area (Å²) in [5, 5.41) is 2.94. The molecular formula is C23H28N2O3S. The first-order valence-electron chi connectivity index (χ1n) is 10.5. The molecule has 1 saturated carbocycles. The third kappa shape index (κ3) is 3.66. The zero-order chi connectivity index (χ0) is 20.3. The number of carbonyl (C=O) groups is 1. The van der Waals surface area contributed by atoms with E-state index in [2.05, 4.69) is 34.5 Å². The number of nitrogens with one attached hydrogen (secondary N) is 1. The second kappa shape index (κ2) is 8.19. The molecule has 1 N–H and O–H groups in total. The summed E-state index contributed by atoms with van der Waals surface area (Å²) in [5.74, 6) is -0.333. The zero-order valence-electron chi connectivity index (χ0n) is 16.6. The summed E-state index contributed by atoms with van der Waals surface area (Å²) in [5.41, 5.74) is 2.65. The van der Waals surface area contributed by atoms with Crippen LogP contribution in [0.1, 0.15) is 37.7 Å². The number of rotatable bonds is 7. The van der Waals surface area contributed by atoms with E-state index in [1.807, 2.05) is 0 Å². The molecule has 0 saturated heterocycles. The maximum absolute atomic E-state index is 13.3. The molecule has 1 fully saturated rings. The number of sulfone groups is 1. The normalized spacial score (nSPS) is 17.9. The standard InChI is InChI=1S/C23H28N2O3S/c26-22(24-16-8-17-25-18-13-19-9-4-5-12-21(19)25)23(14-6-7-15-23)29(27,28)20-10-2-1-3-11-20/h1-5,9-12H,6-8,13-18H2,(H,24,26). The number of fused-ring (bicyclic) bond motifs is 1. The Balaban J connectivity index is 1.39.